The molecule has 0 saturated carbocycles. The Morgan fingerprint density at radius 2 is 0.650 bits per heavy atom. The number of anilines is 6. The van der Waals surface area contributed by atoms with Crippen LogP contribution in [0.15, 0.2) is 133 Å². The molecule has 8 rings (SSSR count). The first-order valence-electron chi connectivity index (χ1n) is 13.9. The lowest BCUT2D eigenvalue weighted by Gasteiger charge is -2.41. The third-order valence-corrected chi connectivity index (χ3v) is 8.38. The number of nitrogens with zero attached hydrogens (tertiary/aromatic N) is 2. The summed E-state index contributed by atoms with van der Waals surface area (Å²) in [5, 5.41) is 7.45. The second kappa shape index (κ2) is 8.72. The molecule has 1 heterocycles. The molecule has 40 heavy (non-hydrogen) atoms. The summed E-state index contributed by atoms with van der Waals surface area (Å²) in [7, 11) is 0. The van der Waals surface area contributed by atoms with Gasteiger partial charge in [-0.2, -0.15) is 0 Å². The van der Waals surface area contributed by atoms with Crippen LogP contribution in [0.25, 0.3) is 32.3 Å². The highest BCUT2D eigenvalue weighted by atomic mass is 15.3. The molecule has 0 aliphatic carbocycles. The monoisotopic (exact) mass is 512 g/mol. The fourth-order valence-corrected chi connectivity index (χ4v) is 6.17. The summed E-state index contributed by atoms with van der Waals surface area (Å²) in [6, 6.07) is 48.9. The molecular weight excluding hydrogens is 484 g/mol. The Morgan fingerprint density at radius 3 is 1.05 bits per heavy atom. The first-order valence-corrected chi connectivity index (χ1v) is 13.9. The van der Waals surface area contributed by atoms with Crippen molar-refractivity contribution in [3.63, 3.8) is 0 Å². The molecule has 0 saturated heterocycles. The number of rotatable bonds is 2. The van der Waals surface area contributed by atoms with Crippen molar-refractivity contribution >= 4 is 66.4 Å². The first kappa shape index (κ1) is 22.9. The molecule has 0 bridgehead atoms. The minimum atomic E-state index is 1.16. The zero-order valence-electron chi connectivity index (χ0n) is 22.6. The van der Waals surface area contributed by atoms with Crippen LogP contribution in [0.2, 0.25) is 0 Å². The Balaban J connectivity index is 1.46. The van der Waals surface area contributed by atoms with Crippen molar-refractivity contribution in [3.8, 4) is 0 Å². The molecular formula is C38H28N2. The average molecular weight is 513 g/mol. The fourth-order valence-electron chi connectivity index (χ4n) is 6.17. The van der Waals surface area contributed by atoms with Crippen LogP contribution >= 0.6 is 0 Å². The average Bonchev–Trinajstić information content (AvgIpc) is 2.99. The van der Waals surface area contributed by atoms with Crippen LogP contribution in [0, 0.1) is 13.8 Å². The van der Waals surface area contributed by atoms with E-state index in [9.17, 15) is 0 Å². The molecule has 2 heteroatoms. The molecule has 0 amide bonds. The SMILES string of the molecule is Cc1cc2c(cc1C)N(c1ccc3ccccc3c1)c1cc3ccccc3cc1N2c1ccc2ccccc2c1. The molecule has 0 fully saturated rings. The van der Waals surface area contributed by atoms with Crippen LogP contribution in [-0.4, -0.2) is 0 Å². The Kier molecular flexibility index (Phi) is 4.99. The number of benzene rings is 7. The lowest BCUT2D eigenvalue weighted by Crippen LogP contribution is -2.24. The summed E-state index contributed by atoms with van der Waals surface area (Å²) in [5.41, 5.74) is 9.63. The van der Waals surface area contributed by atoms with Gasteiger partial charge >= 0.3 is 0 Å². The second-order valence-corrected chi connectivity index (χ2v) is 10.8. The fraction of sp³-hybridized carbons (Fsp3) is 0.0526. The van der Waals surface area contributed by atoms with Crippen LogP contribution in [0.3, 0.4) is 0 Å². The van der Waals surface area contributed by atoms with Gasteiger partial charge in [0, 0.05) is 11.4 Å². The van der Waals surface area contributed by atoms with Crippen LogP contribution in [0.4, 0.5) is 34.1 Å². The first-order chi connectivity index (χ1) is 19.6. The van der Waals surface area contributed by atoms with Gasteiger partial charge < -0.3 is 9.80 Å². The third kappa shape index (κ3) is 3.50. The highest BCUT2D eigenvalue weighted by molar-refractivity contribution is 6.07. The van der Waals surface area contributed by atoms with Crippen molar-refractivity contribution in [1.82, 2.24) is 0 Å². The van der Waals surface area contributed by atoms with Gasteiger partial charge in [-0.25, -0.2) is 0 Å². The Hall–Kier alpha value is -5.08. The van der Waals surface area contributed by atoms with Crippen LogP contribution in [-0.2, 0) is 0 Å². The summed E-state index contributed by atoms with van der Waals surface area (Å²) >= 11 is 0. The topological polar surface area (TPSA) is 6.48 Å². The molecule has 190 valence electrons. The highest BCUT2D eigenvalue weighted by Crippen LogP contribution is 2.56. The lowest BCUT2D eigenvalue weighted by molar-refractivity contribution is 1.16. The maximum Gasteiger partial charge on any atom is 0.0709 e. The van der Waals surface area contributed by atoms with Gasteiger partial charge in [-0.1, -0.05) is 84.9 Å². The van der Waals surface area contributed by atoms with E-state index in [2.05, 4.69) is 157 Å². The Labute approximate surface area is 234 Å². The van der Waals surface area contributed by atoms with Crippen LogP contribution in [0.5, 0.6) is 0 Å². The Bertz CT molecular complexity index is 1960. The maximum atomic E-state index is 2.45. The van der Waals surface area contributed by atoms with Crippen molar-refractivity contribution < 1.29 is 0 Å². The van der Waals surface area contributed by atoms with Crippen molar-refractivity contribution in [3.05, 3.63) is 145 Å². The molecule has 0 radical (unpaired) electrons. The summed E-state index contributed by atoms with van der Waals surface area (Å²) in [6.07, 6.45) is 0. The largest absolute Gasteiger partial charge is 0.306 e. The van der Waals surface area contributed by atoms with Crippen molar-refractivity contribution in [2.45, 2.75) is 13.8 Å². The minimum absolute atomic E-state index is 1.16. The van der Waals surface area contributed by atoms with Crippen molar-refractivity contribution in [1.29, 1.82) is 0 Å². The molecule has 0 spiro atoms. The molecule has 0 aromatic heterocycles. The van der Waals surface area contributed by atoms with Gasteiger partial charge in [0.2, 0.25) is 0 Å². The van der Waals surface area contributed by atoms with Gasteiger partial charge in [-0.05, 0) is 106 Å². The van der Waals surface area contributed by atoms with Crippen LogP contribution in [0.1, 0.15) is 11.1 Å². The molecule has 0 unspecified atom stereocenters. The number of aryl methyl sites for hydroxylation is 2. The van der Waals surface area contributed by atoms with Gasteiger partial charge in [0.1, 0.15) is 0 Å². The zero-order chi connectivity index (χ0) is 26.8. The smallest absolute Gasteiger partial charge is 0.0709 e. The second-order valence-electron chi connectivity index (χ2n) is 10.8. The van der Waals surface area contributed by atoms with Gasteiger partial charge in [-0.3, -0.25) is 0 Å². The van der Waals surface area contributed by atoms with E-state index >= 15 is 0 Å². The van der Waals surface area contributed by atoms with E-state index in [1.54, 1.807) is 0 Å². The lowest BCUT2D eigenvalue weighted by atomic mass is 9.97. The molecule has 0 atom stereocenters. The van der Waals surface area contributed by atoms with E-state index in [0.717, 1.165) is 11.4 Å². The van der Waals surface area contributed by atoms with E-state index in [-0.39, 0.29) is 0 Å². The normalized spacial score (nSPS) is 12.7. The van der Waals surface area contributed by atoms with Gasteiger partial charge in [0.15, 0.2) is 0 Å². The van der Waals surface area contributed by atoms with E-state index in [1.807, 2.05) is 0 Å². The van der Waals surface area contributed by atoms with Crippen LogP contribution < -0.4 is 9.80 Å². The predicted molar refractivity (Wildman–Crippen MR) is 171 cm³/mol. The van der Waals surface area contributed by atoms with Gasteiger partial charge in [0.25, 0.3) is 0 Å². The molecule has 1 aliphatic rings. The quantitative estimate of drug-likeness (QED) is 0.227. The van der Waals surface area contributed by atoms with E-state index in [0.29, 0.717) is 0 Å². The minimum Gasteiger partial charge on any atom is -0.306 e. The predicted octanol–water partition coefficient (Wildman–Crippen LogP) is 11.0. The molecule has 0 N–H and O–H groups in total. The zero-order valence-corrected chi connectivity index (χ0v) is 22.6. The van der Waals surface area contributed by atoms with E-state index in [4.69, 9.17) is 0 Å². The van der Waals surface area contributed by atoms with E-state index < -0.39 is 0 Å². The summed E-state index contributed by atoms with van der Waals surface area (Å²) in [4.78, 5) is 4.90. The van der Waals surface area contributed by atoms with Crippen molar-refractivity contribution in [2.24, 2.45) is 0 Å². The standard InChI is InChI=1S/C38H28N2/c1-25-19-35-36(20-26(25)2)40(34-18-16-28-10-4-6-12-30(28)22-34)38-24-32-14-8-7-13-31(32)23-37(38)39(35)33-17-15-27-9-3-5-11-29(27)21-33/h3-24H,1-2H3. The summed E-state index contributed by atoms with van der Waals surface area (Å²) < 4.78 is 0. The number of hydrogen-bond donors (Lipinski definition) is 0. The maximum absolute atomic E-state index is 2.45. The molecule has 7 aromatic carbocycles. The Morgan fingerprint density at radius 1 is 0.325 bits per heavy atom. The molecule has 2 nitrogen and oxygen atoms in total. The van der Waals surface area contributed by atoms with E-state index in [1.165, 1.54) is 66.2 Å². The summed E-state index contributed by atoms with van der Waals surface area (Å²) in [6.45, 7) is 4.43. The molecule has 7 aromatic rings. The summed E-state index contributed by atoms with van der Waals surface area (Å²) in [5.74, 6) is 0. The number of fused-ring (bicyclic) bond motifs is 5. The number of hydrogen-bond acceptors (Lipinski definition) is 2. The van der Waals surface area contributed by atoms with Gasteiger partial charge in [0.05, 0.1) is 22.7 Å². The highest BCUT2D eigenvalue weighted by Gasteiger charge is 2.31. The third-order valence-electron chi connectivity index (χ3n) is 8.38. The van der Waals surface area contributed by atoms with Gasteiger partial charge in [-0.15, -0.1) is 0 Å². The molecule has 1 aliphatic heterocycles. The van der Waals surface area contributed by atoms with Crippen molar-refractivity contribution in [2.75, 3.05) is 9.80 Å².